The molecule has 1 aliphatic heterocycles. The van der Waals surface area contributed by atoms with Crippen molar-refractivity contribution in [1.82, 2.24) is 10.2 Å². The topological polar surface area (TPSA) is 49.4 Å². The molecule has 2 amide bonds. The minimum Gasteiger partial charge on any atom is -0.302 e. The van der Waals surface area contributed by atoms with Crippen LogP contribution in [0.4, 0.5) is 0 Å². The zero-order chi connectivity index (χ0) is 13.8. The van der Waals surface area contributed by atoms with E-state index in [0.717, 1.165) is 25.7 Å². The van der Waals surface area contributed by atoms with Crippen LogP contribution in [0.1, 0.15) is 52.4 Å². The Balaban J connectivity index is 1.93. The van der Waals surface area contributed by atoms with E-state index in [2.05, 4.69) is 5.32 Å². The van der Waals surface area contributed by atoms with Crippen LogP contribution in [0.2, 0.25) is 0 Å². The quantitative estimate of drug-likeness (QED) is 0.624. The standard InChI is InChI=1S/C15H24N2O2/c1-11(2)8-9-16-13-10-14(18)17(15(13)19)12-6-4-3-5-7-12/h8,12-13,16H,3-7,9-10H2,1-2H3. The van der Waals surface area contributed by atoms with E-state index in [1.807, 2.05) is 19.9 Å². The van der Waals surface area contributed by atoms with Gasteiger partial charge in [-0.15, -0.1) is 0 Å². The number of nitrogens with zero attached hydrogens (tertiary/aromatic N) is 1. The van der Waals surface area contributed by atoms with Gasteiger partial charge in [0, 0.05) is 12.6 Å². The highest BCUT2D eigenvalue weighted by atomic mass is 16.2. The molecule has 106 valence electrons. The van der Waals surface area contributed by atoms with Crippen molar-refractivity contribution < 1.29 is 9.59 Å². The van der Waals surface area contributed by atoms with Crippen molar-refractivity contribution in [3.63, 3.8) is 0 Å². The van der Waals surface area contributed by atoms with Crippen molar-refractivity contribution in [1.29, 1.82) is 0 Å². The highest BCUT2D eigenvalue weighted by Gasteiger charge is 2.41. The molecular formula is C15H24N2O2. The van der Waals surface area contributed by atoms with Gasteiger partial charge in [-0.3, -0.25) is 14.5 Å². The van der Waals surface area contributed by atoms with E-state index < -0.39 is 0 Å². The van der Waals surface area contributed by atoms with Crippen LogP contribution >= 0.6 is 0 Å². The summed E-state index contributed by atoms with van der Waals surface area (Å²) < 4.78 is 0. The van der Waals surface area contributed by atoms with Gasteiger partial charge in [-0.05, 0) is 26.7 Å². The SMILES string of the molecule is CC(C)=CCNC1CC(=O)N(C2CCCCC2)C1=O. The van der Waals surface area contributed by atoms with Crippen LogP contribution in [0.3, 0.4) is 0 Å². The second kappa shape index (κ2) is 6.33. The summed E-state index contributed by atoms with van der Waals surface area (Å²) >= 11 is 0. The molecule has 1 heterocycles. The number of carbonyl (C=O) groups excluding carboxylic acids is 2. The Morgan fingerprint density at radius 2 is 1.95 bits per heavy atom. The molecule has 4 nitrogen and oxygen atoms in total. The van der Waals surface area contributed by atoms with Gasteiger partial charge in [0.25, 0.3) is 0 Å². The number of hydrogen-bond acceptors (Lipinski definition) is 3. The summed E-state index contributed by atoms with van der Waals surface area (Å²) in [6, 6.07) is -0.158. The van der Waals surface area contributed by atoms with Crippen LogP contribution in [-0.4, -0.2) is 35.3 Å². The maximum absolute atomic E-state index is 12.3. The summed E-state index contributed by atoms with van der Waals surface area (Å²) in [4.78, 5) is 25.9. The number of allylic oxidation sites excluding steroid dienone is 1. The first-order valence-electron chi connectivity index (χ1n) is 7.32. The summed E-state index contributed by atoms with van der Waals surface area (Å²) in [6.45, 7) is 4.71. The first kappa shape index (κ1) is 14.3. The van der Waals surface area contributed by atoms with Gasteiger partial charge in [0.2, 0.25) is 11.8 Å². The fraction of sp³-hybridized carbons (Fsp3) is 0.733. The maximum atomic E-state index is 12.3. The third-order valence-corrected chi connectivity index (χ3v) is 4.00. The second-order valence-corrected chi connectivity index (χ2v) is 5.84. The molecule has 0 bridgehead atoms. The normalized spacial score (nSPS) is 24.9. The summed E-state index contributed by atoms with van der Waals surface area (Å²) in [5.74, 6) is -0.00865. The third kappa shape index (κ3) is 3.44. The third-order valence-electron chi connectivity index (χ3n) is 4.00. The van der Waals surface area contributed by atoms with Crippen molar-refractivity contribution in [2.45, 2.75) is 64.5 Å². The summed E-state index contributed by atoms with van der Waals surface area (Å²) in [6.07, 6.45) is 7.84. The zero-order valence-electron chi connectivity index (χ0n) is 11.9. The molecule has 1 saturated carbocycles. The molecule has 2 fully saturated rings. The van der Waals surface area contributed by atoms with E-state index >= 15 is 0 Å². The molecule has 19 heavy (non-hydrogen) atoms. The lowest BCUT2D eigenvalue weighted by Crippen LogP contribution is -2.44. The van der Waals surface area contributed by atoms with Crippen LogP contribution in [0.25, 0.3) is 0 Å². The van der Waals surface area contributed by atoms with Gasteiger partial charge in [0.15, 0.2) is 0 Å². The Morgan fingerprint density at radius 3 is 2.58 bits per heavy atom. The van der Waals surface area contributed by atoms with Crippen molar-refractivity contribution >= 4 is 11.8 Å². The Morgan fingerprint density at radius 1 is 1.26 bits per heavy atom. The van der Waals surface area contributed by atoms with Gasteiger partial charge >= 0.3 is 0 Å². The molecule has 0 spiro atoms. The van der Waals surface area contributed by atoms with Crippen LogP contribution < -0.4 is 5.32 Å². The fourth-order valence-electron chi connectivity index (χ4n) is 2.94. The summed E-state index contributed by atoms with van der Waals surface area (Å²) in [7, 11) is 0. The van der Waals surface area contributed by atoms with Gasteiger partial charge < -0.3 is 5.32 Å². The molecule has 1 N–H and O–H groups in total. The fourth-order valence-corrected chi connectivity index (χ4v) is 2.94. The van der Waals surface area contributed by atoms with Crippen molar-refractivity contribution in [2.24, 2.45) is 0 Å². The van der Waals surface area contributed by atoms with Crippen LogP contribution in [0.5, 0.6) is 0 Å². The summed E-state index contributed by atoms with van der Waals surface area (Å²) in [5, 5.41) is 3.17. The van der Waals surface area contributed by atoms with Crippen LogP contribution in [0, 0.1) is 0 Å². The Labute approximate surface area is 115 Å². The molecule has 4 heteroatoms. The van der Waals surface area contributed by atoms with Gasteiger partial charge in [-0.1, -0.05) is 30.9 Å². The van der Waals surface area contributed by atoms with Crippen LogP contribution in [-0.2, 0) is 9.59 Å². The average Bonchev–Trinajstić information content (AvgIpc) is 2.65. The number of rotatable bonds is 4. The van der Waals surface area contributed by atoms with Gasteiger partial charge in [-0.2, -0.15) is 0 Å². The molecule has 2 aliphatic rings. The predicted molar refractivity (Wildman–Crippen MR) is 74.6 cm³/mol. The Kier molecular flexibility index (Phi) is 4.75. The van der Waals surface area contributed by atoms with E-state index in [9.17, 15) is 9.59 Å². The predicted octanol–water partition coefficient (Wildman–Crippen LogP) is 2.00. The highest BCUT2D eigenvalue weighted by molar-refractivity contribution is 6.05. The number of nitrogens with one attached hydrogen (secondary N) is 1. The van der Waals surface area contributed by atoms with Gasteiger partial charge in [0.1, 0.15) is 0 Å². The molecule has 0 aromatic heterocycles. The lowest BCUT2D eigenvalue weighted by atomic mass is 9.94. The van der Waals surface area contributed by atoms with E-state index in [-0.39, 0.29) is 23.9 Å². The number of carbonyl (C=O) groups is 2. The minimum atomic E-state index is -0.315. The van der Waals surface area contributed by atoms with Crippen molar-refractivity contribution in [2.75, 3.05) is 6.54 Å². The van der Waals surface area contributed by atoms with Gasteiger partial charge in [0.05, 0.1) is 12.5 Å². The second-order valence-electron chi connectivity index (χ2n) is 5.84. The first-order chi connectivity index (χ1) is 9.09. The van der Waals surface area contributed by atoms with Crippen LogP contribution in [0.15, 0.2) is 11.6 Å². The molecule has 2 rings (SSSR count). The molecule has 1 atom stereocenters. The first-order valence-corrected chi connectivity index (χ1v) is 7.32. The summed E-state index contributed by atoms with van der Waals surface area (Å²) in [5.41, 5.74) is 1.22. The Bertz CT molecular complexity index is 380. The van der Waals surface area contributed by atoms with Gasteiger partial charge in [-0.25, -0.2) is 0 Å². The number of imide groups is 1. The number of likely N-dealkylation sites (tertiary alicyclic amines) is 1. The van der Waals surface area contributed by atoms with E-state index in [1.54, 1.807) is 4.90 Å². The lowest BCUT2D eigenvalue weighted by molar-refractivity contribution is -0.142. The average molecular weight is 264 g/mol. The molecule has 0 aromatic carbocycles. The monoisotopic (exact) mass is 264 g/mol. The lowest BCUT2D eigenvalue weighted by Gasteiger charge is -2.29. The highest BCUT2D eigenvalue weighted by Crippen LogP contribution is 2.27. The van der Waals surface area contributed by atoms with E-state index in [0.29, 0.717) is 13.0 Å². The molecular weight excluding hydrogens is 240 g/mol. The number of hydrogen-bond donors (Lipinski definition) is 1. The molecule has 0 aromatic rings. The van der Waals surface area contributed by atoms with E-state index in [4.69, 9.17) is 0 Å². The Hall–Kier alpha value is -1.16. The number of amides is 2. The largest absolute Gasteiger partial charge is 0.302 e. The smallest absolute Gasteiger partial charge is 0.247 e. The van der Waals surface area contributed by atoms with Crippen molar-refractivity contribution in [3.05, 3.63) is 11.6 Å². The molecule has 1 saturated heterocycles. The molecule has 1 unspecified atom stereocenters. The minimum absolute atomic E-state index is 0.00611. The van der Waals surface area contributed by atoms with E-state index in [1.165, 1.54) is 12.0 Å². The molecule has 1 aliphatic carbocycles. The maximum Gasteiger partial charge on any atom is 0.247 e. The van der Waals surface area contributed by atoms with Crippen molar-refractivity contribution in [3.8, 4) is 0 Å². The zero-order valence-corrected chi connectivity index (χ0v) is 11.9. The molecule has 0 radical (unpaired) electrons.